The summed E-state index contributed by atoms with van der Waals surface area (Å²) in [5, 5.41) is 3.13. The molecule has 3 aromatic rings. The van der Waals surface area contributed by atoms with Crippen LogP contribution >= 0.6 is 11.3 Å². The molecule has 130 valence electrons. The van der Waals surface area contributed by atoms with Crippen molar-refractivity contribution in [3.63, 3.8) is 0 Å². The molecular formula is C21H24N2OS. The van der Waals surface area contributed by atoms with Gasteiger partial charge in [-0.2, -0.15) is 0 Å². The number of nitrogens with one attached hydrogen (secondary N) is 2. The molecule has 0 spiro atoms. The van der Waals surface area contributed by atoms with E-state index in [4.69, 9.17) is 0 Å². The summed E-state index contributed by atoms with van der Waals surface area (Å²) in [6.45, 7) is 6.18. The number of rotatable bonds is 2. The number of amides is 1. The third-order valence-corrected chi connectivity index (χ3v) is 6.60. The van der Waals surface area contributed by atoms with Gasteiger partial charge < -0.3 is 10.3 Å². The largest absolute Gasteiger partial charge is 0.357 e. The van der Waals surface area contributed by atoms with E-state index in [1.165, 1.54) is 40.8 Å². The molecule has 3 nitrogen and oxygen atoms in total. The summed E-state index contributed by atoms with van der Waals surface area (Å²) in [6, 6.07) is 6.04. The molecule has 1 aliphatic carbocycles. The van der Waals surface area contributed by atoms with Crippen LogP contribution in [0.1, 0.15) is 56.9 Å². The molecule has 4 rings (SSSR count). The highest BCUT2D eigenvalue weighted by atomic mass is 32.1. The second-order valence-corrected chi connectivity index (χ2v) is 8.31. The predicted octanol–water partition coefficient (Wildman–Crippen LogP) is 5.68. The monoisotopic (exact) mass is 352 g/mol. The third kappa shape index (κ3) is 2.78. The van der Waals surface area contributed by atoms with E-state index < -0.39 is 0 Å². The maximum Gasteiger partial charge on any atom is 0.258 e. The molecule has 25 heavy (non-hydrogen) atoms. The van der Waals surface area contributed by atoms with Crippen LogP contribution in [0.3, 0.4) is 0 Å². The first-order valence-corrected chi connectivity index (χ1v) is 9.88. The van der Waals surface area contributed by atoms with Gasteiger partial charge in [0, 0.05) is 16.3 Å². The van der Waals surface area contributed by atoms with E-state index >= 15 is 0 Å². The quantitative estimate of drug-likeness (QED) is 0.573. The zero-order chi connectivity index (χ0) is 17.6. The number of carbonyl (C=O) groups excluding carboxylic acids is 1. The predicted molar refractivity (Wildman–Crippen MR) is 106 cm³/mol. The molecule has 4 heteroatoms. The molecule has 0 fully saturated rings. The lowest BCUT2D eigenvalue weighted by Gasteiger charge is -2.10. The Hall–Kier alpha value is -2.07. The number of thiophene rings is 1. The van der Waals surface area contributed by atoms with Gasteiger partial charge >= 0.3 is 0 Å². The molecule has 0 saturated carbocycles. The van der Waals surface area contributed by atoms with Crippen LogP contribution in [0.2, 0.25) is 0 Å². The van der Waals surface area contributed by atoms with E-state index in [1.807, 2.05) is 12.1 Å². The average molecular weight is 353 g/mol. The zero-order valence-electron chi connectivity index (χ0n) is 15.1. The minimum absolute atomic E-state index is 0.00569. The number of benzene rings is 1. The van der Waals surface area contributed by atoms with Gasteiger partial charge in [-0.1, -0.05) is 18.6 Å². The molecule has 0 bridgehead atoms. The van der Waals surface area contributed by atoms with E-state index in [0.29, 0.717) is 0 Å². The molecule has 2 aromatic heterocycles. The summed E-state index contributed by atoms with van der Waals surface area (Å²) < 4.78 is 1.29. The Bertz CT molecular complexity index is 964. The third-order valence-electron chi connectivity index (χ3n) is 5.43. The highest BCUT2D eigenvalue weighted by Gasteiger charge is 2.23. The van der Waals surface area contributed by atoms with Crippen molar-refractivity contribution in [3.05, 3.63) is 51.0 Å². The van der Waals surface area contributed by atoms with Crippen molar-refractivity contribution in [1.29, 1.82) is 0 Å². The first-order valence-electron chi connectivity index (χ1n) is 9.06. The minimum Gasteiger partial charge on any atom is -0.357 e. The number of aryl methyl sites for hydroxylation is 4. The van der Waals surface area contributed by atoms with Gasteiger partial charge in [-0.25, -0.2) is 0 Å². The van der Waals surface area contributed by atoms with Crippen molar-refractivity contribution >= 4 is 33.1 Å². The van der Waals surface area contributed by atoms with Crippen LogP contribution < -0.4 is 5.32 Å². The van der Waals surface area contributed by atoms with Crippen LogP contribution in [0.15, 0.2) is 18.2 Å². The normalized spacial score (nSPS) is 14.4. The number of hydrogen-bond donors (Lipinski definition) is 2. The molecule has 1 aromatic carbocycles. The number of fused-ring (bicyclic) bond motifs is 3. The maximum absolute atomic E-state index is 13.0. The van der Waals surface area contributed by atoms with Crippen LogP contribution in [0.25, 0.3) is 10.2 Å². The van der Waals surface area contributed by atoms with E-state index in [9.17, 15) is 4.79 Å². The van der Waals surface area contributed by atoms with Crippen molar-refractivity contribution in [2.75, 3.05) is 5.32 Å². The Kier molecular flexibility index (Phi) is 4.16. The molecule has 0 aliphatic heterocycles. The molecule has 2 N–H and O–H groups in total. The lowest BCUT2D eigenvalue weighted by Crippen LogP contribution is -2.13. The van der Waals surface area contributed by atoms with Crippen molar-refractivity contribution in [2.45, 2.75) is 52.9 Å². The van der Waals surface area contributed by atoms with Crippen molar-refractivity contribution in [3.8, 4) is 0 Å². The van der Waals surface area contributed by atoms with Crippen LogP contribution in [0, 0.1) is 20.8 Å². The van der Waals surface area contributed by atoms with Gasteiger partial charge in [-0.3, -0.25) is 4.79 Å². The Morgan fingerprint density at radius 1 is 1.12 bits per heavy atom. The van der Waals surface area contributed by atoms with Crippen LogP contribution in [-0.2, 0) is 12.8 Å². The molecule has 0 saturated heterocycles. The lowest BCUT2D eigenvalue weighted by molar-refractivity contribution is 0.102. The summed E-state index contributed by atoms with van der Waals surface area (Å²) in [7, 11) is 0. The van der Waals surface area contributed by atoms with Gasteiger partial charge in [0.1, 0.15) is 0 Å². The molecule has 2 heterocycles. The second-order valence-electron chi connectivity index (χ2n) is 7.08. The van der Waals surface area contributed by atoms with Gasteiger partial charge in [-0.05, 0) is 69.2 Å². The topological polar surface area (TPSA) is 44.9 Å². The first-order chi connectivity index (χ1) is 12.1. The minimum atomic E-state index is -0.00569. The first kappa shape index (κ1) is 16.4. The number of anilines is 1. The number of carbonyl (C=O) groups is 1. The maximum atomic E-state index is 13.0. The van der Waals surface area contributed by atoms with Crippen LogP contribution in [-0.4, -0.2) is 10.9 Å². The van der Waals surface area contributed by atoms with E-state index in [-0.39, 0.29) is 5.91 Å². The number of hydrogen-bond acceptors (Lipinski definition) is 2. The summed E-state index contributed by atoms with van der Waals surface area (Å²) in [6.07, 6.45) is 6.03. The van der Waals surface area contributed by atoms with Gasteiger partial charge in [0.2, 0.25) is 0 Å². The number of H-pyrrole nitrogens is 1. The second kappa shape index (κ2) is 6.34. The molecule has 0 unspecified atom stereocenters. The smallest absolute Gasteiger partial charge is 0.258 e. The van der Waals surface area contributed by atoms with E-state index in [1.54, 1.807) is 11.3 Å². The fourth-order valence-corrected chi connectivity index (χ4v) is 5.05. The molecule has 0 atom stereocenters. The number of aromatic nitrogens is 1. The Morgan fingerprint density at radius 2 is 1.92 bits per heavy atom. The van der Waals surface area contributed by atoms with Crippen molar-refractivity contribution < 1.29 is 4.79 Å². The Morgan fingerprint density at radius 3 is 2.76 bits per heavy atom. The zero-order valence-corrected chi connectivity index (χ0v) is 15.9. The van der Waals surface area contributed by atoms with Gasteiger partial charge in [-0.15, -0.1) is 11.3 Å². The number of aromatic amines is 1. The van der Waals surface area contributed by atoms with Crippen molar-refractivity contribution in [2.24, 2.45) is 0 Å². The SMILES string of the molecule is Cc1cccc(NC(=O)c2c(C)sc3c4c([nH]c23)CCCCC4)c1C. The molecule has 1 amide bonds. The van der Waals surface area contributed by atoms with E-state index in [2.05, 4.69) is 37.1 Å². The summed E-state index contributed by atoms with van der Waals surface area (Å²) >= 11 is 1.76. The summed E-state index contributed by atoms with van der Waals surface area (Å²) in [5.41, 5.74) is 7.87. The van der Waals surface area contributed by atoms with Crippen LogP contribution in [0.4, 0.5) is 5.69 Å². The molecule has 1 aliphatic rings. The van der Waals surface area contributed by atoms with E-state index in [0.717, 1.165) is 40.0 Å². The average Bonchev–Trinajstić information content (AvgIpc) is 2.95. The lowest BCUT2D eigenvalue weighted by atomic mass is 10.1. The fraction of sp³-hybridized carbons (Fsp3) is 0.381. The molecular weight excluding hydrogens is 328 g/mol. The van der Waals surface area contributed by atoms with Crippen LogP contribution in [0.5, 0.6) is 0 Å². The summed E-state index contributed by atoms with van der Waals surface area (Å²) in [4.78, 5) is 17.7. The van der Waals surface area contributed by atoms with Crippen molar-refractivity contribution in [1.82, 2.24) is 4.98 Å². The van der Waals surface area contributed by atoms with Gasteiger partial charge in [0.25, 0.3) is 5.91 Å². The molecule has 0 radical (unpaired) electrons. The highest BCUT2D eigenvalue weighted by molar-refractivity contribution is 7.19. The Labute approximate surface area is 152 Å². The van der Waals surface area contributed by atoms with Gasteiger partial charge in [0.05, 0.1) is 15.8 Å². The summed E-state index contributed by atoms with van der Waals surface area (Å²) in [5.74, 6) is -0.00569. The van der Waals surface area contributed by atoms with Gasteiger partial charge in [0.15, 0.2) is 0 Å². The highest BCUT2D eigenvalue weighted by Crippen LogP contribution is 2.37. The Balaban J connectivity index is 1.74. The standard InChI is InChI=1S/C21H24N2OS/c1-12-8-7-11-16(13(12)2)23-21(24)18-14(3)25-20-15-9-5-4-6-10-17(15)22-19(18)20/h7-8,11,22H,4-6,9-10H2,1-3H3,(H,23,24). The fourth-order valence-electron chi connectivity index (χ4n) is 3.84.